The molecule has 3 heteroatoms. The predicted octanol–water partition coefficient (Wildman–Crippen LogP) is 3.87. The van der Waals surface area contributed by atoms with Crippen LogP contribution in [0.15, 0.2) is 46.9 Å². The summed E-state index contributed by atoms with van der Waals surface area (Å²) in [6.07, 6.45) is 1.05. The number of hydrogen-bond donors (Lipinski definition) is 2. The standard InChI is InChI=1S/C16H19BrN2/c1-3-12-4-6-13(7-5-12)16(19-18)15-9-8-14(17)10-11(15)2/h4-10,16,19H,3,18H2,1-2H3. The smallest absolute Gasteiger partial charge is 0.0712 e. The van der Waals surface area contributed by atoms with E-state index in [0.29, 0.717) is 0 Å². The van der Waals surface area contributed by atoms with Crippen molar-refractivity contribution in [3.63, 3.8) is 0 Å². The largest absolute Gasteiger partial charge is 0.271 e. The van der Waals surface area contributed by atoms with Crippen molar-refractivity contribution in [3.8, 4) is 0 Å². The van der Waals surface area contributed by atoms with Crippen LogP contribution in [0.5, 0.6) is 0 Å². The van der Waals surface area contributed by atoms with E-state index < -0.39 is 0 Å². The molecule has 2 nitrogen and oxygen atoms in total. The van der Waals surface area contributed by atoms with E-state index in [-0.39, 0.29) is 6.04 Å². The van der Waals surface area contributed by atoms with Gasteiger partial charge >= 0.3 is 0 Å². The second-order valence-electron chi connectivity index (χ2n) is 4.70. The van der Waals surface area contributed by atoms with Gasteiger partial charge in [0.1, 0.15) is 0 Å². The van der Waals surface area contributed by atoms with E-state index in [4.69, 9.17) is 5.84 Å². The highest BCUT2D eigenvalue weighted by atomic mass is 79.9. The van der Waals surface area contributed by atoms with Crippen molar-refractivity contribution in [1.29, 1.82) is 0 Å². The summed E-state index contributed by atoms with van der Waals surface area (Å²) in [7, 11) is 0. The summed E-state index contributed by atoms with van der Waals surface area (Å²) in [6.45, 7) is 4.26. The van der Waals surface area contributed by atoms with E-state index in [0.717, 1.165) is 10.9 Å². The van der Waals surface area contributed by atoms with Crippen molar-refractivity contribution >= 4 is 15.9 Å². The summed E-state index contributed by atoms with van der Waals surface area (Å²) in [4.78, 5) is 0. The topological polar surface area (TPSA) is 38.0 Å². The Bertz CT molecular complexity index is 549. The maximum atomic E-state index is 5.75. The van der Waals surface area contributed by atoms with E-state index in [2.05, 4.69) is 71.6 Å². The molecule has 2 aromatic carbocycles. The van der Waals surface area contributed by atoms with Crippen LogP contribution in [0.25, 0.3) is 0 Å². The molecule has 100 valence electrons. The third-order valence-electron chi connectivity index (χ3n) is 3.43. The molecule has 0 bridgehead atoms. The van der Waals surface area contributed by atoms with Crippen LogP contribution < -0.4 is 11.3 Å². The van der Waals surface area contributed by atoms with Gasteiger partial charge in [0.05, 0.1) is 6.04 Å². The van der Waals surface area contributed by atoms with Gasteiger partial charge < -0.3 is 0 Å². The number of aryl methyl sites for hydroxylation is 2. The SMILES string of the molecule is CCc1ccc(C(NN)c2ccc(Br)cc2C)cc1. The molecule has 0 fully saturated rings. The zero-order valence-corrected chi connectivity index (χ0v) is 12.9. The number of nitrogens with one attached hydrogen (secondary N) is 1. The number of nitrogens with two attached hydrogens (primary N) is 1. The second kappa shape index (κ2) is 6.33. The Kier molecular flexibility index (Phi) is 4.75. The predicted molar refractivity (Wildman–Crippen MR) is 83.9 cm³/mol. The molecule has 2 aromatic rings. The lowest BCUT2D eigenvalue weighted by Gasteiger charge is -2.19. The summed E-state index contributed by atoms with van der Waals surface area (Å²) >= 11 is 3.49. The van der Waals surface area contributed by atoms with Gasteiger partial charge in [-0.1, -0.05) is 53.2 Å². The van der Waals surface area contributed by atoms with Crippen molar-refractivity contribution in [2.75, 3.05) is 0 Å². The molecule has 0 aliphatic rings. The molecule has 0 saturated carbocycles. The van der Waals surface area contributed by atoms with E-state index in [1.807, 2.05) is 6.07 Å². The number of halogens is 1. The highest BCUT2D eigenvalue weighted by molar-refractivity contribution is 9.10. The minimum atomic E-state index is 0.0269. The number of hydrazine groups is 1. The molecule has 1 unspecified atom stereocenters. The molecule has 0 aliphatic carbocycles. The van der Waals surface area contributed by atoms with Crippen LogP contribution in [0.4, 0.5) is 0 Å². The van der Waals surface area contributed by atoms with Crippen molar-refractivity contribution < 1.29 is 0 Å². The summed E-state index contributed by atoms with van der Waals surface area (Å²) in [5.41, 5.74) is 7.87. The molecule has 3 N–H and O–H groups in total. The lowest BCUT2D eigenvalue weighted by molar-refractivity contribution is 0.633. The minimum Gasteiger partial charge on any atom is -0.271 e. The van der Waals surface area contributed by atoms with Gasteiger partial charge in [-0.3, -0.25) is 5.84 Å². The van der Waals surface area contributed by atoms with Crippen molar-refractivity contribution in [2.24, 2.45) is 5.84 Å². The molecule has 0 amide bonds. The Labute approximate surface area is 123 Å². The Hall–Kier alpha value is -1.16. The van der Waals surface area contributed by atoms with E-state index in [9.17, 15) is 0 Å². The van der Waals surface area contributed by atoms with Crippen LogP contribution in [0, 0.1) is 6.92 Å². The van der Waals surface area contributed by atoms with Crippen LogP contribution in [-0.4, -0.2) is 0 Å². The Balaban J connectivity index is 2.37. The molecule has 0 aliphatic heterocycles. The van der Waals surface area contributed by atoms with Gasteiger partial charge in [0.25, 0.3) is 0 Å². The lowest BCUT2D eigenvalue weighted by atomic mass is 9.95. The quantitative estimate of drug-likeness (QED) is 0.663. The molecule has 2 rings (SSSR count). The van der Waals surface area contributed by atoms with Crippen LogP contribution in [0.3, 0.4) is 0 Å². The zero-order chi connectivity index (χ0) is 13.8. The van der Waals surface area contributed by atoms with E-state index in [1.54, 1.807) is 0 Å². The summed E-state index contributed by atoms with van der Waals surface area (Å²) < 4.78 is 1.09. The molecule has 0 spiro atoms. The highest BCUT2D eigenvalue weighted by Gasteiger charge is 2.14. The third-order valence-corrected chi connectivity index (χ3v) is 3.92. The van der Waals surface area contributed by atoms with Crippen molar-refractivity contribution in [3.05, 3.63) is 69.2 Å². The minimum absolute atomic E-state index is 0.0269. The Morgan fingerprint density at radius 2 is 1.84 bits per heavy atom. The fraction of sp³-hybridized carbons (Fsp3) is 0.250. The average molecular weight is 319 g/mol. The first-order valence-electron chi connectivity index (χ1n) is 6.46. The summed E-state index contributed by atoms with van der Waals surface area (Å²) in [6, 6.07) is 14.9. The van der Waals surface area contributed by atoms with Crippen LogP contribution >= 0.6 is 15.9 Å². The van der Waals surface area contributed by atoms with Gasteiger partial charge in [-0.15, -0.1) is 0 Å². The average Bonchev–Trinajstić information content (AvgIpc) is 2.42. The third kappa shape index (κ3) is 3.24. The van der Waals surface area contributed by atoms with E-state index in [1.165, 1.54) is 22.3 Å². The molecular weight excluding hydrogens is 300 g/mol. The first-order valence-corrected chi connectivity index (χ1v) is 7.26. The summed E-state index contributed by atoms with van der Waals surface area (Å²) in [5, 5.41) is 0. The Morgan fingerprint density at radius 3 is 2.37 bits per heavy atom. The highest BCUT2D eigenvalue weighted by Crippen LogP contribution is 2.26. The van der Waals surface area contributed by atoms with Crippen LogP contribution in [-0.2, 0) is 6.42 Å². The van der Waals surface area contributed by atoms with Crippen LogP contribution in [0.2, 0.25) is 0 Å². The Morgan fingerprint density at radius 1 is 1.16 bits per heavy atom. The van der Waals surface area contributed by atoms with E-state index >= 15 is 0 Å². The molecule has 0 heterocycles. The van der Waals surface area contributed by atoms with Crippen molar-refractivity contribution in [2.45, 2.75) is 26.3 Å². The molecule has 1 atom stereocenters. The lowest BCUT2D eigenvalue weighted by Crippen LogP contribution is -2.29. The monoisotopic (exact) mass is 318 g/mol. The first-order chi connectivity index (χ1) is 9.15. The second-order valence-corrected chi connectivity index (χ2v) is 5.61. The molecule has 0 radical (unpaired) electrons. The maximum Gasteiger partial charge on any atom is 0.0712 e. The van der Waals surface area contributed by atoms with Gasteiger partial charge in [0.2, 0.25) is 0 Å². The molecule has 0 aromatic heterocycles. The number of hydrogen-bond acceptors (Lipinski definition) is 2. The fourth-order valence-electron chi connectivity index (χ4n) is 2.27. The fourth-order valence-corrected chi connectivity index (χ4v) is 2.75. The van der Waals surface area contributed by atoms with Gasteiger partial charge in [-0.2, -0.15) is 0 Å². The summed E-state index contributed by atoms with van der Waals surface area (Å²) in [5.74, 6) is 5.75. The molecule has 0 saturated heterocycles. The van der Waals surface area contributed by atoms with Gasteiger partial charge in [-0.05, 0) is 47.7 Å². The number of benzene rings is 2. The van der Waals surface area contributed by atoms with Gasteiger partial charge in [0.15, 0.2) is 0 Å². The normalized spacial score (nSPS) is 12.4. The van der Waals surface area contributed by atoms with Crippen molar-refractivity contribution in [1.82, 2.24) is 5.43 Å². The number of rotatable bonds is 4. The van der Waals surface area contributed by atoms with Gasteiger partial charge in [-0.25, -0.2) is 5.43 Å². The molecular formula is C16H19BrN2. The van der Waals surface area contributed by atoms with Gasteiger partial charge in [0, 0.05) is 4.47 Å². The molecule has 19 heavy (non-hydrogen) atoms. The first kappa shape index (κ1) is 14.3. The zero-order valence-electron chi connectivity index (χ0n) is 11.3. The maximum absolute atomic E-state index is 5.75. The van der Waals surface area contributed by atoms with Crippen LogP contribution in [0.1, 0.15) is 35.2 Å².